The number of benzene rings is 1. The average Bonchev–Trinajstić information content (AvgIpc) is 3.44. The Hall–Kier alpha value is -3.49. The molecule has 9 heteroatoms. The maximum Gasteiger partial charge on any atom is 0.359 e. The summed E-state index contributed by atoms with van der Waals surface area (Å²) in [6.45, 7) is 2.10. The van der Waals surface area contributed by atoms with E-state index in [1.165, 1.54) is 0 Å². The molecule has 4 rings (SSSR count). The third-order valence-electron chi connectivity index (χ3n) is 5.14. The van der Waals surface area contributed by atoms with Gasteiger partial charge in [0.25, 0.3) is 5.91 Å². The molecule has 156 valence electrons. The van der Waals surface area contributed by atoms with Gasteiger partial charge in [-0.05, 0) is 49.6 Å². The number of esters is 1. The number of hydrogen-bond donors (Lipinski definition) is 1. The summed E-state index contributed by atoms with van der Waals surface area (Å²) >= 11 is 0. The molecule has 3 heterocycles. The molecule has 9 nitrogen and oxygen atoms in total. The van der Waals surface area contributed by atoms with Crippen molar-refractivity contribution in [1.29, 1.82) is 0 Å². The van der Waals surface area contributed by atoms with Crippen LogP contribution in [0.2, 0.25) is 0 Å². The molecule has 0 bridgehead atoms. The molecule has 1 aromatic heterocycles. The first-order valence-electron chi connectivity index (χ1n) is 10.1. The van der Waals surface area contributed by atoms with Gasteiger partial charge in [-0.25, -0.2) is 4.79 Å². The van der Waals surface area contributed by atoms with Crippen molar-refractivity contribution in [2.45, 2.75) is 25.7 Å². The van der Waals surface area contributed by atoms with Crippen molar-refractivity contribution in [2.24, 2.45) is 0 Å². The molecule has 0 unspecified atom stereocenters. The lowest BCUT2D eigenvalue weighted by atomic mass is 10.2. The highest BCUT2D eigenvalue weighted by Gasteiger charge is 2.22. The van der Waals surface area contributed by atoms with E-state index in [9.17, 15) is 14.4 Å². The zero-order chi connectivity index (χ0) is 20.9. The van der Waals surface area contributed by atoms with E-state index < -0.39 is 18.5 Å². The lowest BCUT2D eigenvalue weighted by molar-refractivity contribution is -0.119. The number of nitrogens with zero attached hydrogens (tertiary/aromatic N) is 4. The number of aromatic nitrogens is 2. The van der Waals surface area contributed by atoms with Crippen molar-refractivity contribution in [2.75, 3.05) is 41.4 Å². The van der Waals surface area contributed by atoms with Crippen LogP contribution >= 0.6 is 0 Å². The molecule has 0 radical (unpaired) electrons. The van der Waals surface area contributed by atoms with Gasteiger partial charge in [-0.15, -0.1) is 10.2 Å². The van der Waals surface area contributed by atoms with Gasteiger partial charge >= 0.3 is 5.97 Å². The van der Waals surface area contributed by atoms with Gasteiger partial charge in [-0.2, -0.15) is 0 Å². The predicted octanol–water partition coefficient (Wildman–Crippen LogP) is 2.00. The third-order valence-corrected chi connectivity index (χ3v) is 5.14. The molecule has 30 heavy (non-hydrogen) atoms. The number of amides is 2. The molecule has 2 aromatic rings. The van der Waals surface area contributed by atoms with Gasteiger partial charge in [-0.3, -0.25) is 9.59 Å². The first-order valence-corrected chi connectivity index (χ1v) is 10.1. The second-order valence-electron chi connectivity index (χ2n) is 7.29. The fourth-order valence-electron chi connectivity index (χ4n) is 3.62. The number of nitrogens with one attached hydrogen (secondary N) is 1. The highest BCUT2D eigenvalue weighted by atomic mass is 16.5. The van der Waals surface area contributed by atoms with Crippen LogP contribution in [0.4, 0.5) is 17.2 Å². The highest BCUT2D eigenvalue weighted by molar-refractivity contribution is 5.98. The molecule has 2 fully saturated rings. The van der Waals surface area contributed by atoms with E-state index in [0.29, 0.717) is 18.7 Å². The van der Waals surface area contributed by atoms with Crippen LogP contribution < -0.4 is 15.1 Å². The molecule has 0 atom stereocenters. The summed E-state index contributed by atoms with van der Waals surface area (Å²) in [4.78, 5) is 40.0. The van der Waals surface area contributed by atoms with Crippen molar-refractivity contribution in [3.05, 3.63) is 42.1 Å². The summed E-state index contributed by atoms with van der Waals surface area (Å²) < 4.78 is 5.04. The summed E-state index contributed by atoms with van der Waals surface area (Å²) in [5, 5.41) is 10.7. The van der Waals surface area contributed by atoms with Crippen LogP contribution in [0.3, 0.4) is 0 Å². The maximum absolute atomic E-state index is 12.2. The quantitative estimate of drug-likeness (QED) is 0.728. The van der Waals surface area contributed by atoms with Crippen molar-refractivity contribution in [1.82, 2.24) is 10.2 Å². The van der Waals surface area contributed by atoms with E-state index in [4.69, 9.17) is 4.74 Å². The normalized spacial score (nSPS) is 16.1. The van der Waals surface area contributed by atoms with Crippen molar-refractivity contribution in [3.8, 4) is 0 Å². The van der Waals surface area contributed by atoms with Crippen LogP contribution in [-0.4, -0.2) is 54.2 Å². The Balaban J connectivity index is 1.29. The minimum atomic E-state index is -0.706. The Labute approximate surface area is 174 Å². The molecule has 2 saturated heterocycles. The van der Waals surface area contributed by atoms with Crippen LogP contribution in [0.1, 0.15) is 36.2 Å². The molecule has 2 aliphatic heterocycles. The van der Waals surface area contributed by atoms with Crippen LogP contribution in [0.25, 0.3) is 0 Å². The van der Waals surface area contributed by atoms with E-state index in [0.717, 1.165) is 43.9 Å². The number of rotatable bonds is 6. The molecule has 0 spiro atoms. The third kappa shape index (κ3) is 4.56. The monoisotopic (exact) mass is 409 g/mol. The Kier molecular flexibility index (Phi) is 5.87. The van der Waals surface area contributed by atoms with E-state index in [2.05, 4.69) is 20.4 Å². The second-order valence-corrected chi connectivity index (χ2v) is 7.29. The maximum atomic E-state index is 12.2. The van der Waals surface area contributed by atoms with Crippen LogP contribution in [0, 0.1) is 0 Å². The van der Waals surface area contributed by atoms with Gasteiger partial charge in [0.15, 0.2) is 18.1 Å². The highest BCUT2D eigenvalue weighted by Crippen LogP contribution is 2.24. The fraction of sp³-hybridized carbons (Fsp3) is 0.381. The standard InChI is InChI=1S/C21H23N5O4/c27-19(22-15-5-3-6-16(13-15)26-12-4-7-20(26)28)14-30-21(29)17-8-9-18(24-23-17)25-10-1-2-11-25/h3,5-6,8-9,13H,1-2,4,7,10-12,14H2,(H,22,27). The first-order chi connectivity index (χ1) is 14.6. The molecule has 0 saturated carbocycles. The summed E-state index contributed by atoms with van der Waals surface area (Å²) in [7, 11) is 0. The number of carbonyl (C=O) groups is 3. The van der Waals surface area contributed by atoms with E-state index in [-0.39, 0.29) is 11.6 Å². The van der Waals surface area contributed by atoms with Crippen LogP contribution in [0.15, 0.2) is 36.4 Å². The molecule has 2 amide bonds. The van der Waals surface area contributed by atoms with E-state index >= 15 is 0 Å². The lowest BCUT2D eigenvalue weighted by Gasteiger charge is -2.16. The van der Waals surface area contributed by atoms with Gasteiger partial charge in [0, 0.05) is 37.4 Å². The van der Waals surface area contributed by atoms with E-state index in [1.807, 2.05) is 6.07 Å². The minimum Gasteiger partial charge on any atom is -0.451 e. The average molecular weight is 409 g/mol. The Bertz CT molecular complexity index is 941. The smallest absolute Gasteiger partial charge is 0.359 e. The molecular formula is C21H23N5O4. The summed E-state index contributed by atoms with van der Waals surface area (Å²) in [6, 6.07) is 10.3. The SMILES string of the molecule is O=C(COC(=O)c1ccc(N2CCCC2)nn1)Nc1cccc(N2CCCC2=O)c1. The van der Waals surface area contributed by atoms with Crippen molar-refractivity contribution in [3.63, 3.8) is 0 Å². The van der Waals surface area contributed by atoms with Crippen LogP contribution in [-0.2, 0) is 14.3 Å². The van der Waals surface area contributed by atoms with Gasteiger partial charge in [0.2, 0.25) is 5.91 Å². The van der Waals surface area contributed by atoms with Gasteiger partial charge < -0.3 is 19.9 Å². The van der Waals surface area contributed by atoms with Gasteiger partial charge in [0.1, 0.15) is 0 Å². The molecule has 2 aliphatic rings. The Morgan fingerprint density at radius 1 is 1.03 bits per heavy atom. The van der Waals surface area contributed by atoms with Gasteiger partial charge in [0.05, 0.1) is 0 Å². The zero-order valence-electron chi connectivity index (χ0n) is 16.5. The first kappa shape index (κ1) is 19.8. The Morgan fingerprint density at radius 3 is 2.57 bits per heavy atom. The second kappa shape index (κ2) is 8.89. The Morgan fingerprint density at radius 2 is 1.87 bits per heavy atom. The number of ether oxygens (including phenoxy) is 1. The predicted molar refractivity (Wildman–Crippen MR) is 110 cm³/mol. The topological polar surface area (TPSA) is 105 Å². The summed E-state index contributed by atoms with van der Waals surface area (Å²) in [6.07, 6.45) is 3.61. The summed E-state index contributed by atoms with van der Waals surface area (Å²) in [5.41, 5.74) is 1.32. The fourth-order valence-corrected chi connectivity index (χ4v) is 3.62. The van der Waals surface area contributed by atoms with Crippen LogP contribution in [0.5, 0.6) is 0 Å². The molecule has 0 aliphatic carbocycles. The lowest BCUT2D eigenvalue weighted by Crippen LogP contribution is -2.24. The van der Waals surface area contributed by atoms with E-state index in [1.54, 1.807) is 35.2 Å². The van der Waals surface area contributed by atoms with Crippen molar-refractivity contribution >= 4 is 35.0 Å². The van der Waals surface area contributed by atoms with Crippen molar-refractivity contribution < 1.29 is 19.1 Å². The zero-order valence-corrected chi connectivity index (χ0v) is 16.5. The van der Waals surface area contributed by atoms with Gasteiger partial charge in [-0.1, -0.05) is 6.07 Å². The largest absolute Gasteiger partial charge is 0.451 e. The molecule has 1 aromatic carbocycles. The number of anilines is 3. The summed E-state index contributed by atoms with van der Waals surface area (Å²) in [5.74, 6) is -0.376. The number of hydrogen-bond acceptors (Lipinski definition) is 7. The number of carbonyl (C=O) groups excluding carboxylic acids is 3. The molecular weight excluding hydrogens is 386 g/mol. The molecule has 1 N–H and O–H groups in total. The minimum absolute atomic E-state index is 0.0558.